The van der Waals surface area contributed by atoms with Crippen molar-refractivity contribution in [1.29, 1.82) is 0 Å². The van der Waals surface area contributed by atoms with E-state index in [1.807, 2.05) is 42.1 Å². The van der Waals surface area contributed by atoms with Crippen LogP contribution in [-0.4, -0.2) is 38.2 Å². The zero-order valence-electron chi connectivity index (χ0n) is 38.1. The molecule has 0 radical (unpaired) electrons. The number of nitrogens with zero attached hydrogens (tertiary/aromatic N) is 4. The molecule has 0 saturated carbocycles. The van der Waals surface area contributed by atoms with Gasteiger partial charge in [-0.05, 0) is 127 Å². The number of methoxy groups -OCH3 is 4. The van der Waals surface area contributed by atoms with Crippen LogP contribution in [0.1, 0.15) is 44.5 Å². The fourth-order valence-electron chi connectivity index (χ4n) is 9.67. The van der Waals surface area contributed by atoms with Crippen LogP contribution in [0.5, 0.6) is 23.0 Å². The van der Waals surface area contributed by atoms with Gasteiger partial charge in [0, 0.05) is 58.0 Å². The molecule has 330 valence electrons. The van der Waals surface area contributed by atoms with E-state index in [0.29, 0.717) is 0 Å². The van der Waals surface area contributed by atoms with Crippen molar-refractivity contribution in [2.24, 2.45) is 0 Å². The van der Waals surface area contributed by atoms with Gasteiger partial charge in [-0.1, -0.05) is 86.9 Å². The van der Waals surface area contributed by atoms with Gasteiger partial charge in [-0.15, -0.1) is 0 Å². The van der Waals surface area contributed by atoms with E-state index in [2.05, 4.69) is 152 Å². The van der Waals surface area contributed by atoms with Gasteiger partial charge in [0.2, 0.25) is 0 Å². The monoisotopic (exact) mass is 924 g/mol. The van der Waals surface area contributed by atoms with Crippen LogP contribution in [0.15, 0.2) is 181 Å². The molecule has 8 nitrogen and oxygen atoms in total. The van der Waals surface area contributed by atoms with Crippen LogP contribution in [-0.2, 0) is 11.0 Å². The molecule has 1 spiro atoms. The number of fused-ring (bicyclic) bond motifs is 11. The minimum absolute atomic E-state index is 0.204. The second kappa shape index (κ2) is 15.9. The van der Waals surface area contributed by atoms with Crippen molar-refractivity contribution in [3.63, 3.8) is 0 Å². The maximum Gasteiger partial charge on any atom is 0.141 e. The first-order valence-corrected chi connectivity index (χ1v) is 24.2. The molecule has 4 aliphatic rings. The van der Waals surface area contributed by atoms with E-state index < -0.39 is 5.54 Å². The molecular formula is C55H48N4O4S3. The van der Waals surface area contributed by atoms with Crippen molar-refractivity contribution >= 4 is 63.7 Å². The first-order chi connectivity index (χ1) is 32.0. The molecule has 11 rings (SSSR count). The van der Waals surface area contributed by atoms with Crippen LogP contribution in [0.3, 0.4) is 0 Å². The molecule has 0 fully saturated rings. The SMILES string of the molecule is C=C/C(=C\C1=C(C)Sc2ccc(N3c4ccc(OC)cc4Sc4cc(OC)ccc43)cc2C12c1ccccc1-c1cc(C(C)(C)C)nn12)N1c2ccc(OC)cc2Sc2cc(OC)ccc21. The Hall–Kier alpha value is -6.40. The number of hydrogen-bond donors (Lipinski definition) is 0. The quantitative estimate of drug-likeness (QED) is 0.138. The van der Waals surface area contributed by atoms with Gasteiger partial charge in [0.25, 0.3) is 0 Å². The Bertz CT molecular complexity index is 3130. The van der Waals surface area contributed by atoms with Crippen molar-refractivity contribution in [3.05, 3.63) is 173 Å². The zero-order valence-corrected chi connectivity index (χ0v) is 40.5. The first kappa shape index (κ1) is 42.2. The van der Waals surface area contributed by atoms with Gasteiger partial charge >= 0.3 is 0 Å². The van der Waals surface area contributed by atoms with Gasteiger partial charge < -0.3 is 28.7 Å². The number of allylic oxidation sites excluding steroid dienone is 4. The Balaban J connectivity index is 1.19. The van der Waals surface area contributed by atoms with Crippen molar-refractivity contribution in [3.8, 4) is 34.3 Å². The van der Waals surface area contributed by atoms with Gasteiger partial charge in [0.1, 0.15) is 28.5 Å². The van der Waals surface area contributed by atoms with Crippen LogP contribution >= 0.6 is 35.3 Å². The second-order valence-corrected chi connectivity index (χ2v) is 21.0. The van der Waals surface area contributed by atoms with E-state index in [9.17, 15) is 0 Å². The van der Waals surface area contributed by atoms with Crippen molar-refractivity contribution in [2.75, 3.05) is 38.2 Å². The lowest BCUT2D eigenvalue weighted by atomic mass is 9.75. The molecule has 0 N–H and O–H groups in total. The number of rotatable bonds is 8. The molecule has 0 bridgehead atoms. The fourth-order valence-corrected chi connectivity index (χ4v) is 13.0. The topological polar surface area (TPSA) is 61.2 Å². The van der Waals surface area contributed by atoms with Crippen LogP contribution in [0, 0.1) is 0 Å². The lowest BCUT2D eigenvalue weighted by Gasteiger charge is -2.42. The number of aromatic nitrogens is 2. The average Bonchev–Trinajstić information content (AvgIpc) is 3.90. The molecule has 0 saturated heterocycles. The first-order valence-electron chi connectivity index (χ1n) is 21.8. The third kappa shape index (κ3) is 6.42. The Kier molecular flexibility index (Phi) is 10.2. The minimum atomic E-state index is -0.879. The normalized spacial score (nSPS) is 16.7. The number of hydrogen-bond acceptors (Lipinski definition) is 10. The molecular weight excluding hydrogens is 877 g/mol. The summed E-state index contributed by atoms with van der Waals surface area (Å²) in [5.41, 5.74) is 11.8. The molecule has 7 aromatic rings. The Morgan fingerprint density at radius 3 is 1.67 bits per heavy atom. The summed E-state index contributed by atoms with van der Waals surface area (Å²) in [7, 11) is 6.85. The second-order valence-electron chi connectivity index (χ2n) is 17.6. The van der Waals surface area contributed by atoms with E-state index in [-0.39, 0.29) is 5.41 Å². The molecule has 0 amide bonds. The highest BCUT2D eigenvalue weighted by molar-refractivity contribution is 8.03. The van der Waals surface area contributed by atoms with Gasteiger partial charge in [0.05, 0.1) is 62.6 Å². The third-order valence-electron chi connectivity index (χ3n) is 12.9. The molecule has 4 aliphatic heterocycles. The molecule has 6 aromatic carbocycles. The molecule has 1 aromatic heterocycles. The van der Waals surface area contributed by atoms with E-state index in [1.54, 1.807) is 52.0 Å². The lowest BCUT2D eigenvalue weighted by Crippen LogP contribution is -2.39. The van der Waals surface area contributed by atoms with Crippen molar-refractivity contribution < 1.29 is 18.9 Å². The Morgan fingerprint density at radius 2 is 1.14 bits per heavy atom. The zero-order chi connectivity index (χ0) is 45.6. The van der Waals surface area contributed by atoms with Gasteiger partial charge in [0.15, 0.2) is 0 Å². The maximum atomic E-state index is 5.75. The van der Waals surface area contributed by atoms with Crippen LogP contribution in [0.2, 0.25) is 0 Å². The molecule has 0 aliphatic carbocycles. The average molecular weight is 925 g/mol. The molecule has 66 heavy (non-hydrogen) atoms. The highest BCUT2D eigenvalue weighted by Gasteiger charge is 2.53. The summed E-state index contributed by atoms with van der Waals surface area (Å²) in [6.45, 7) is 13.5. The summed E-state index contributed by atoms with van der Waals surface area (Å²) in [6.07, 6.45) is 4.34. The maximum absolute atomic E-state index is 5.75. The van der Waals surface area contributed by atoms with E-state index in [0.717, 1.165) is 105 Å². The highest BCUT2D eigenvalue weighted by Crippen LogP contribution is 2.62. The van der Waals surface area contributed by atoms with Crippen LogP contribution < -0.4 is 28.7 Å². The molecule has 11 heteroatoms. The van der Waals surface area contributed by atoms with Crippen molar-refractivity contribution in [2.45, 2.75) is 63.1 Å². The fraction of sp³-hybridized carbons (Fsp3) is 0.182. The van der Waals surface area contributed by atoms with E-state index in [1.165, 1.54) is 15.4 Å². The summed E-state index contributed by atoms with van der Waals surface area (Å²) in [5, 5.41) is 5.67. The summed E-state index contributed by atoms with van der Waals surface area (Å²) >= 11 is 5.25. The Labute approximate surface area is 398 Å². The van der Waals surface area contributed by atoms with Crippen molar-refractivity contribution in [1.82, 2.24) is 9.78 Å². The molecule has 1 atom stereocenters. The summed E-state index contributed by atoms with van der Waals surface area (Å²) in [6, 6.07) is 43.3. The predicted molar refractivity (Wildman–Crippen MR) is 270 cm³/mol. The summed E-state index contributed by atoms with van der Waals surface area (Å²) < 4.78 is 25.3. The number of anilines is 5. The van der Waals surface area contributed by atoms with E-state index >= 15 is 0 Å². The predicted octanol–water partition coefficient (Wildman–Crippen LogP) is 14.7. The van der Waals surface area contributed by atoms with Gasteiger partial charge in [-0.25, -0.2) is 4.68 Å². The van der Waals surface area contributed by atoms with Gasteiger partial charge in [-0.2, -0.15) is 5.10 Å². The van der Waals surface area contributed by atoms with Crippen LogP contribution in [0.4, 0.5) is 28.4 Å². The van der Waals surface area contributed by atoms with E-state index in [4.69, 9.17) is 24.0 Å². The smallest absolute Gasteiger partial charge is 0.141 e. The standard InChI is InChI=1S/C55H48N4O4S3/c1-10-33(57-43-20-16-35(60-6)27-49(43)65-50-28-36(61-7)17-21-44(50)57)25-41-32(2)64-48-24-15-34(58-45-22-18-37(62-8)29-51(45)66-52-30-38(63-9)19-23-46(52)58)26-42(48)55(41)40-14-12-11-13-39(40)47-31-53(54(3,4)5)56-59(47)55/h10-31H,1H2,2-9H3/b33-25+. The van der Waals surface area contributed by atoms with Gasteiger partial charge in [-0.3, -0.25) is 0 Å². The molecule has 5 heterocycles. The molecule has 1 unspecified atom stereocenters. The number of ether oxygens (including phenoxy) is 4. The number of thioether (sulfide) groups is 1. The minimum Gasteiger partial charge on any atom is -0.497 e. The summed E-state index contributed by atoms with van der Waals surface area (Å²) in [4.78, 5) is 11.4. The lowest BCUT2D eigenvalue weighted by molar-refractivity contribution is 0.413. The Morgan fingerprint density at radius 1 is 0.606 bits per heavy atom. The highest BCUT2D eigenvalue weighted by atomic mass is 32.2. The largest absolute Gasteiger partial charge is 0.497 e. The number of benzene rings is 6. The van der Waals surface area contributed by atoms with Crippen LogP contribution in [0.25, 0.3) is 11.3 Å². The third-order valence-corrected chi connectivity index (χ3v) is 16.2. The summed E-state index contributed by atoms with van der Waals surface area (Å²) in [5.74, 6) is 3.21.